The number of rotatable bonds is 6. The largest absolute Gasteiger partial charge is 0.507 e. The van der Waals surface area contributed by atoms with Crippen molar-refractivity contribution in [2.24, 2.45) is 0 Å². The lowest BCUT2D eigenvalue weighted by Crippen LogP contribution is -2.17. The van der Waals surface area contributed by atoms with Crippen LogP contribution in [0.1, 0.15) is 52.1 Å². The minimum Gasteiger partial charge on any atom is -0.507 e. The lowest BCUT2D eigenvalue weighted by molar-refractivity contribution is 0.0500. The topological polar surface area (TPSA) is 127 Å². The van der Waals surface area contributed by atoms with Gasteiger partial charge in [-0.15, -0.1) is 0 Å². The number of hydrogen-bond donors (Lipinski definition) is 2. The number of allylic oxidation sites excluding steroid dienone is 1. The number of ether oxygens (including phenoxy) is 2. The van der Waals surface area contributed by atoms with Crippen molar-refractivity contribution in [1.29, 1.82) is 0 Å². The van der Waals surface area contributed by atoms with Crippen molar-refractivity contribution < 1.29 is 37.7 Å². The zero-order valence-electron chi connectivity index (χ0n) is 17.0. The minimum absolute atomic E-state index is 0.0424. The Balaban J connectivity index is 2.33. The van der Waals surface area contributed by atoms with Crippen LogP contribution in [0.15, 0.2) is 41.3 Å². The molecule has 0 fully saturated rings. The summed E-state index contributed by atoms with van der Waals surface area (Å²) in [6.07, 6.45) is 2.53. The molecule has 164 valence electrons. The van der Waals surface area contributed by atoms with Gasteiger partial charge in [0.25, 0.3) is 0 Å². The number of aromatic hydroxyl groups is 2. The fourth-order valence-corrected chi connectivity index (χ4v) is 5.34. The number of phenolic OH excluding ortho intramolecular Hbond substituents is 2. The zero-order valence-corrected chi connectivity index (χ0v) is 17.9. The van der Waals surface area contributed by atoms with Gasteiger partial charge in [0, 0.05) is 0 Å². The molecule has 0 saturated carbocycles. The first-order valence-electron chi connectivity index (χ1n) is 9.70. The second kappa shape index (κ2) is 8.81. The smallest absolute Gasteiger partial charge is 0.343 e. The molecule has 0 heterocycles. The Labute approximate surface area is 179 Å². The van der Waals surface area contributed by atoms with Crippen molar-refractivity contribution in [3.8, 4) is 11.5 Å². The molecule has 9 heteroatoms. The van der Waals surface area contributed by atoms with Gasteiger partial charge in [-0.2, -0.15) is 0 Å². The number of fused-ring (bicyclic) bond motifs is 1. The van der Waals surface area contributed by atoms with Gasteiger partial charge in [-0.1, -0.05) is 30.3 Å². The SMILES string of the molecule is CCOC(=O)c1cc(O)c(C(=O)OCC)c(S(=O)(=O)C2=CCCc3ccccc32)c1O. The van der Waals surface area contributed by atoms with E-state index in [1.165, 1.54) is 19.9 Å². The molecule has 0 saturated heterocycles. The zero-order chi connectivity index (χ0) is 22.8. The van der Waals surface area contributed by atoms with Crippen LogP contribution in [0.25, 0.3) is 4.91 Å². The van der Waals surface area contributed by atoms with E-state index in [0.717, 1.165) is 11.6 Å². The van der Waals surface area contributed by atoms with Crippen LogP contribution in [0.5, 0.6) is 11.5 Å². The Morgan fingerprint density at radius 1 is 1.03 bits per heavy atom. The van der Waals surface area contributed by atoms with Crippen LogP contribution >= 0.6 is 0 Å². The summed E-state index contributed by atoms with van der Waals surface area (Å²) in [5.74, 6) is -3.99. The summed E-state index contributed by atoms with van der Waals surface area (Å²) < 4.78 is 37.1. The molecule has 8 nitrogen and oxygen atoms in total. The molecule has 2 N–H and O–H groups in total. The first-order valence-corrected chi connectivity index (χ1v) is 11.2. The van der Waals surface area contributed by atoms with E-state index in [4.69, 9.17) is 9.47 Å². The summed E-state index contributed by atoms with van der Waals surface area (Å²) in [5.41, 5.74) is -0.109. The van der Waals surface area contributed by atoms with Crippen molar-refractivity contribution in [3.05, 3.63) is 58.7 Å². The lowest BCUT2D eigenvalue weighted by atomic mass is 9.97. The normalized spacial score (nSPS) is 13.2. The predicted octanol–water partition coefficient (Wildman–Crippen LogP) is 3.21. The molecule has 0 radical (unpaired) electrons. The lowest BCUT2D eigenvalue weighted by Gasteiger charge is -2.21. The predicted molar refractivity (Wildman–Crippen MR) is 112 cm³/mol. The molecule has 0 amide bonds. The Bertz CT molecular complexity index is 1180. The van der Waals surface area contributed by atoms with Crippen LogP contribution in [0, 0.1) is 0 Å². The maximum atomic E-state index is 13.7. The van der Waals surface area contributed by atoms with E-state index < -0.39 is 49.3 Å². The van der Waals surface area contributed by atoms with Crippen molar-refractivity contribution in [3.63, 3.8) is 0 Å². The van der Waals surface area contributed by atoms with Crippen LogP contribution in [0.2, 0.25) is 0 Å². The molecule has 3 rings (SSSR count). The Hall–Kier alpha value is -3.33. The fourth-order valence-electron chi connectivity index (χ4n) is 3.47. The highest BCUT2D eigenvalue weighted by atomic mass is 32.2. The van der Waals surface area contributed by atoms with Gasteiger partial charge in [-0.25, -0.2) is 18.0 Å². The third-order valence-corrected chi connectivity index (χ3v) is 6.69. The summed E-state index contributed by atoms with van der Waals surface area (Å²) in [6, 6.07) is 7.65. The molecule has 1 aliphatic rings. The molecule has 1 aliphatic carbocycles. The number of sulfone groups is 1. The first-order chi connectivity index (χ1) is 14.7. The summed E-state index contributed by atoms with van der Waals surface area (Å²) >= 11 is 0. The van der Waals surface area contributed by atoms with E-state index in [0.29, 0.717) is 18.4 Å². The highest BCUT2D eigenvalue weighted by Gasteiger charge is 2.37. The maximum absolute atomic E-state index is 13.7. The van der Waals surface area contributed by atoms with Crippen molar-refractivity contribution in [2.45, 2.75) is 31.6 Å². The van der Waals surface area contributed by atoms with Gasteiger partial charge in [-0.05, 0) is 43.9 Å². The summed E-state index contributed by atoms with van der Waals surface area (Å²) in [4.78, 5) is 23.8. The molecule has 0 aromatic heterocycles. The fraction of sp³-hybridized carbons (Fsp3) is 0.273. The van der Waals surface area contributed by atoms with Crippen molar-refractivity contribution >= 4 is 26.7 Å². The van der Waals surface area contributed by atoms with Crippen LogP contribution in [-0.2, 0) is 25.7 Å². The van der Waals surface area contributed by atoms with Gasteiger partial charge in [-0.3, -0.25) is 0 Å². The first kappa shape index (κ1) is 22.4. The molecular weight excluding hydrogens is 424 g/mol. The molecule has 2 aromatic carbocycles. The number of benzene rings is 2. The number of carbonyl (C=O) groups excluding carboxylic acids is 2. The van der Waals surface area contributed by atoms with Gasteiger partial charge < -0.3 is 19.7 Å². The average Bonchev–Trinajstić information content (AvgIpc) is 2.74. The van der Waals surface area contributed by atoms with E-state index >= 15 is 0 Å². The number of esters is 2. The van der Waals surface area contributed by atoms with Gasteiger partial charge in [0.15, 0.2) is 0 Å². The second-order valence-corrected chi connectivity index (χ2v) is 8.56. The third-order valence-electron chi connectivity index (χ3n) is 4.79. The van der Waals surface area contributed by atoms with Gasteiger partial charge >= 0.3 is 11.9 Å². The van der Waals surface area contributed by atoms with Crippen LogP contribution in [-0.4, -0.2) is 43.8 Å². The van der Waals surface area contributed by atoms with E-state index in [2.05, 4.69) is 0 Å². The second-order valence-electron chi connectivity index (χ2n) is 6.70. The molecule has 0 aliphatic heterocycles. The number of phenols is 2. The highest BCUT2D eigenvalue weighted by Crippen LogP contribution is 2.43. The van der Waals surface area contributed by atoms with Gasteiger partial charge in [0.2, 0.25) is 9.84 Å². The Morgan fingerprint density at radius 3 is 2.35 bits per heavy atom. The van der Waals surface area contributed by atoms with E-state index in [1.54, 1.807) is 24.3 Å². The molecule has 0 bridgehead atoms. The minimum atomic E-state index is -4.55. The van der Waals surface area contributed by atoms with E-state index in [1.807, 2.05) is 0 Å². The third kappa shape index (κ3) is 4.00. The monoisotopic (exact) mass is 446 g/mol. The van der Waals surface area contributed by atoms with Gasteiger partial charge in [0.05, 0.1) is 18.1 Å². The number of hydrogen-bond acceptors (Lipinski definition) is 8. The Morgan fingerprint density at radius 2 is 1.68 bits per heavy atom. The van der Waals surface area contributed by atoms with Crippen LogP contribution in [0.3, 0.4) is 0 Å². The van der Waals surface area contributed by atoms with Gasteiger partial charge in [0.1, 0.15) is 27.5 Å². The van der Waals surface area contributed by atoms with Crippen molar-refractivity contribution in [1.82, 2.24) is 0 Å². The average molecular weight is 446 g/mol. The standard InChI is InChI=1S/C22H22O8S/c1-3-29-21(25)15-12-16(23)18(22(26)30-4-2)20(19(15)24)31(27,28)17-11-7-9-13-8-5-6-10-14(13)17/h5-6,8,10-12,23-24H,3-4,7,9H2,1-2H3. The van der Waals surface area contributed by atoms with E-state index in [-0.39, 0.29) is 18.1 Å². The van der Waals surface area contributed by atoms with E-state index in [9.17, 15) is 28.2 Å². The quantitative estimate of drug-likeness (QED) is 0.511. The summed E-state index contributed by atoms with van der Waals surface area (Å²) in [5, 5.41) is 21.3. The maximum Gasteiger partial charge on any atom is 0.343 e. The molecule has 0 spiro atoms. The van der Waals surface area contributed by atoms with Crippen molar-refractivity contribution in [2.75, 3.05) is 13.2 Å². The number of carbonyl (C=O) groups is 2. The molecule has 0 unspecified atom stereocenters. The number of aryl methyl sites for hydroxylation is 1. The van der Waals surface area contributed by atoms with Crippen LogP contribution < -0.4 is 0 Å². The summed E-state index contributed by atoms with van der Waals surface area (Å²) in [6.45, 7) is 2.90. The molecule has 31 heavy (non-hydrogen) atoms. The molecule has 2 aromatic rings. The molecular formula is C22H22O8S. The summed E-state index contributed by atoms with van der Waals surface area (Å²) in [7, 11) is -4.55. The molecule has 0 atom stereocenters. The highest BCUT2D eigenvalue weighted by molar-refractivity contribution is 8.00. The Kier molecular flexibility index (Phi) is 6.35. The van der Waals surface area contributed by atoms with Crippen LogP contribution in [0.4, 0.5) is 0 Å².